The number of nitrogens with zero attached hydrogens (tertiary/aromatic N) is 2. The Morgan fingerprint density at radius 2 is 1.76 bits per heavy atom. The molecule has 1 atom stereocenters. The highest BCUT2D eigenvalue weighted by Gasteiger charge is 2.33. The molecule has 0 fully saturated rings. The van der Waals surface area contributed by atoms with Gasteiger partial charge in [0.1, 0.15) is 12.4 Å². The van der Waals surface area contributed by atoms with Gasteiger partial charge in [0.15, 0.2) is 16.4 Å². The van der Waals surface area contributed by atoms with E-state index in [2.05, 4.69) is 4.99 Å². The van der Waals surface area contributed by atoms with E-state index in [9.17, 15) is 22.8 Å². The molecule has 186 valence electrons. The minimum Gasteiger partial charge on any atom is -0.457 e. The number of esters is 1. The third kappa shape index (κ3) is 4.90. The van der Waals surface area contributed by atoms with E-state index in [0.717, 1.165) is 29.0 Å². The molecule has 0 unspecified atom stereocenters. The number of hydrogen-bond donors (Lipinski definition) is 0. The van der Waals surface area contributed by atoms with Gasteiger partial charge < -0.3 is 4.74 Å². The SMILES string of the molecule is CC1=C(C(=O)OCc2ccccc2)[C@H](c2ccc(F)cc2)n2c(s/c(=C\c3ccc(F)c(F)c3)c2=O)=N1. The van der Waals surface area contributed by atoms with Crippen LogP contribution in [-0.2, 0) is 16.1 Å². The van der Waals surface area contributed by atoms with Gasteiger partial charge in [-0.25, -0.2) is 23.0 Å². The van der Waals surface area contributed by atoms with Crippen molar-refractivity contribution in [2.45, 2.75) is 19.6 Å². The predicted octanol–water partition coefficient (Wildman–Crippen LogP) is 4.40. The van der Waals surface area contributed by atoms with Crippen molar-refractivity contribution in [2.24, 2.45) is 4.99 Å². The minimum absolute atomic E-state index is 0.0210. The molecule has 4 aromatic rings. The third-order valence-corrected chi connectivity index (χ3v) is 6.86. The Labute approximate surface area is 213 Å². The van der Waals surface area contributed by atoms with E-state index in [-0.39, 0.29) is 16.7 Å². The second-order valence-electron chi connectivity index (χ2n) is 8.37. The fourth-order valence-corrected chi connectivity index (χ4v) is 5.14. The van der Waals surface area contributed by atoms with Gasteiger partial charge in [0.2, 0.25) is 0 Å². The molecule has 1 aromatic heterocycles. The van der Waals surface area contributed by atoms with Crippen LogP contribution in [0.2, 0.25) is 0 Å². The molecule has 0 saturated heterocycles. The highest BCUT2D eigenvalue weighted by molar-refractivity contribution is 7.07. The van der Waals surface area contributed by atoms with Gasteiger partial charge in [0.25, 0.3) is 5.56 Å². The lowest BCUT2D eigenvalue weighted by molar-refractivity contribution is -0.140. The number of allylic oxidation sites excluding steroid dienone is 1. The van der Waals surface area contributed by atoms with E-state index < -0.39 is 35.0 Å². The number of hydrogen-bond acceptors (Lipinski definition) is 5. The molecule has 1 aliphatic heterocycles. The van der Waals surface area contributed by atoms with E-state index in [1.807, 2.05) is 30.3 Å². The minimum atomic E-state index is -1.04. The first kappa shape index (κ1) is 24.5. The molecule has 0 aliphatic carbocycles. The molecule has 3 aromatic carbocycles. The summed E-state index contributed by atoms with van der Waals surface area (Å²) in [5.74, 6) is -3.16. The van der Waals surface area contributed by atoms with Gasteiger partial charge in [0, 0.05) is 0 Å². The Kier molecular flexibility index (Phi) is 6.62. The molecular formula is C28H19F3N2O3S. The molecule has 0 N–H and O–H groups in total. The number of ether oxygens (including phenoxy) is 1. The van der Waals surface area contributed by atoms with Crippen molar-refractivity contribution >= 4 is 23.4 Å². The molecule has 0 saturated carbocycles. The Balaban J connectivity index is 1.62. The summed E-state index contributed by atoms with van der Waals surface area (Å²) in [5.41, 5.74) is 1.59. The first-order valence-corrected chi connectivity index (χ1v) is 12.1. The van der Waals surface area contributed by atoms with Crippen LogP contribution in [0.3, 0.4) is 0 Å². The summed E-state index contributed by atoms with van der Waals surface area (Å²) in [6.45, 7) is 1.66. The van der Waals surface area contributed by atoms with Crippen molar-refractivity contribution in [3.8, 4) is 0 Å². The molecule has 0 bridgehead atoms. The summed E-state index contributed by atoms with van der Waals surface area (Å²) in [6.07, 6.45) is 1.43. The molecule has 37 heavy (non-hydrogen) atoms. The standard InChI is InChI=1S/C28H19F3N2O3S/c1-16-24(27(35)36-15-17-5-3-2-4-6-17)25(19-8-10-20(29)11-9-19)33-26(34)23(37-28(33)32-16)14-18-7-12-21(30)22(31)13-18/h2-14,25H,15H2,1H3/b23-14-/t25-/m0/s1. The van der Waals surface area contributed by atoms with Crippen LogP contribution in [0.15, 0.2) is 93.9 Å². The van der Waals surface area contributed by atoms with Crippen LogP contribution < -0.4 is 14.9 Å². The van der Waals surface area contributed by atoms with Crippen LogP contribution in [-0.4, -0.2) is 10.5 Å². The van der Waals surface area contributed by atoms with Gasteiger partial charge in [-0.05, 0) is 54.0 Å². The Morgan fingerprint density at radius 3 is 2.46 bits per heavy atom. The zero-order chi connectivity index (χ0) is 26.1. The number of rotatable bonds is 5. The molecular weight excluding hydrogens is 501 g/mol. The Hall–Kier alpha value is -4.24. The number of carbonyl (C=O) groups is 1. The van der Waals surface area contributed by atoms with E-state index in [0.29, 0.717) is 21.6 Å². The highest BCUT2D eigenvalue weighted by atomic mass is 32.1. The maximum atomic E-state index is 13.7. The van der Waals surface area contributed by atoms with Gasteiger partial charge >= 0.3 is 5.97 Å². The van der Waals surface area contributed by atoms with Crippen LogP contribution in [0, 0.1) is 17.5 Å². The van der Waals surface area contributed by atoms with Crippen molar-refractivity contribution in [3.05, 3.63) is 138 Å². The fourth-order valence-electron chi connectivity index (χ4n) is 4.10. The van der Waals surface area contributed by atoms with Gasteiger partial charge in [-0.3, -0.25) is 9.36 Å². The molecule has 9 heteroatoms. The second kappa shape index (κ2) is 10.0. The first-order valence-electron chi connectivity index (χ1n) is 11.3. The summed E-state index contributed by atoms with van der Waals surface area (Å²) in [5, 5.41) is 0. The van der Waals surface area contributed by atoms with Crippen LogP contribution in [0.25, 0.3) is 6.08 Å². The molecule has 0 spiro atoms. The average Bonchev–Trinajstić information content (AvgIpc) is 3.19. The van der Waals surface area contributed by atoms with Crippen LogP contribution in [0.1, 0.15) is 29.7 Å². The van der Waals surface area contributed by atoms with Gasteiger partial charge in [0.05, 0.1) is 21.8 Å². The molecule has 5 rings (SSSR count). The van der Waals surface area contributed by atoms with Crippen molar-refractivity contribution in [1.82, 2.24) is 4.57 Å². The highest BCUT2D eigenvalue weighted by Crippen LogP contribution is 2.31. The van der Waals surface area contributed by atoms with Crippen molar-refractivity contribution < 1.29 is 22.7 Å². The second-order valence-corrected chi connectivity index (χ2v) is 9.38. The average molecular weight is 521 g/mol. The molecule has 0 amide bonds. The van der Waals surface area contributed by atoms with Gasteiger partial charge in [-0.2, -0.15) is 0 Å². The lowest BCUT2D eigenvalue weighted by Crippen LogP contribution is -2.39. The van der Waals surface area contributed by atoms with Crippen molar-refractivity contribution in [2.75, 3.05) is 0 Å². The van der Waals surface area contributed by atoms with Crippen LogP contribution in [0.5, 0.6) is 0 Å². The quantitative estimate of drug-likeness (QED) is 0.367. The maximum Gasteiger partial charge on any atom is 0.338 e. The Morgan fingerprint density at radius 1 is 1.03 bits per heavy atom. The summed E-state index contributed by atoms with van der Waals surface area (Å²) < 4.78 is 47.9. The molecule has 5 nitrogen and oxygen atoms in total. The van der Waals surface area contributed by atoms with E-state index in [1.165, 1.54) is 41.0 Å². The van der Waals surface area contributed by atoms with Gasteiger partial charge in [-0.15, -0.1) is 0 Å². The number of fused-ring (bicyclic) bond motifs is 1. The normalized spacial score (nSPS) is 15.4. The summed E-state index contributed by atoms with van der Waals surface area (Å²) in [6, 6.07) is 17.0. The van der Waals surface area contributed by atoms with Gasteiger partial charge in [-0.1, -0.05) is 59.9 Å². The first-order chi connectivity index (χ1) is 17.8. The zero-order valence-electron chi connectivity index (χ0n) is 19.5. The number of aromatic nitrogens is 1. The van der Waals surface area contributed by atoms with Crippen molar-refractivity contribution in [1.29, 1.82) is 0 Å². The third-order valence-electron chi connectivity index (χ3n) is 5.88. The summed E-state index contributed by atoms with van der Waals surface area (Å²) >= 11 is 1.05. The van der Waals surface area contributed by atoms with Crippen LogP contribution >= 0.6 is 11.3 Å². The lowest BCUT2D eigenvalue weighted by Gasteiger charge is -2.24. The lowest BCUT2D eigenvalue weighted by atomic mass is 9.96. The topological polar surface area (TPSA) is 60.7 Å². The van der Waals surface area contributed by atoms with Crippen LogP contribution in [0.4, 0.5) is 13.2 Å². The molecule has 1 aliphatic rings. The fraction of sp³-hybridized carbons (Fsp3) is 0.107. The number of thiazole rings is 1. The number of carbonyl (C=O) groups excluding carboxylic acids is 1. The number of benzene rings is 3. The maximum absolute atomic E-state index is 13.7. The van der Waals surface area contributed by atoms with E-state index in [1.54, 1.807) is 6.92 Å². The molecule has 0 radical (unpaired) electrons. The molecule has 2 heterocycles. The predicted molar refractivity (Wildman–Crippen MR) is 133 cm³/mol. The monoisotopic (exact) mass is 520 g/mol. The Bertz CT molecular complexity index is 1710. The van der Waals surface area contributed by atoms with Crippen molar-refractivity contribution in [3.63, 3.8) is 0 Å². The smallest absolute Gasteiger partial charge is 0.338 e. The summed E-state index contributed by atoms with van der Waals surface area (Å²) in [4.78, 5) is 31.6. The zero-order valence-corrected chi connectivity index (χ0v) is 20.3. The van der Waals surface area contributed by atoms with E-state index >= 15 is 0 Å². The number of halogens is 3. The largest absolute Gasteiger partial charge is 0.457 e. The summed E-state index contributed by atoms with van der Waals surface area (Å²) in [7, 11) is 0. The van der Waals surface area contributed by atoms with E-state index in [4.69, 9.17) is 4.74 Å².